The van der Waals surface area contributed by atoms with E-state index < -0.39 is 0 Å². The molecule has 2 N–H and O–H groups in total. The van der Waals surface area contributed by atoms with Gasteiger partial charge in [-0.1, -0.05) is 6.42 Å². The van der Waals surface area contributed by atoms with Gasteiger partial charge in [-0.3, -0.25) is 9.58 Å². The van der Waals surface area contributed by atoms with Crippen molar-refractivity contribution in [3.8, 4) is 5.88 Å². The summed E-state index contributed by atoms with van der Waals surface area (Å²) in [6, 6.07) is 0.565. The summed E-state index contributed by atoms with van der Waals surface area (Å²) in [4.78, 5) is 2.49. The second kappa shape index (κ2) is 6.23. The average molecular weight is 334 g/mol. The van der Waals surface area contributed by atoms with Crippen LogP contribution in [0.5, 0.6) is 5.88 Å². The Labute approximate surface area is 145 Å². The van der Waals surface area contributed by atoms with E-state index in [9.17, 15) is 0 Å². The van der Waals surface area contributed by atoms with Crippen LogP contribution in [0.3, 0.4) is 0 Å². The van der Waals surface area contributed by atoms with Crippen molar-refractivity contribution in [2.75, 3.05) is 59.2 Å². The minimum atomic E-state index is 0.565. The molecule has 0 radical (unpaired) electrons. The van der Waals surface area contributed by atoms with Crippen molar-refractivity contribution in [3.63, 3.8) is 0 Å². The van der Waals surface area contributed by atoms with E-state index in [2.05, 4.69) is 23.7 Å². The molecule has 1 aromatic rings. The lowest BCUT2D eigenvalue weighted by Gasteiger charge is -2.38. The quantitative estimate of drug-likeness (QED) is 0.849. The lowest BCUT2D eigenvalue weighted by molar-refractivity contribution is -0.894. The number of hydrogen-bond acceptors (Lipinski definition) is 4. The lowest BCUT2D eigenvalue weighted by atomic mass is 9.92. The van der Waals surface area contributed by atoms with Crippen molar-refractivity contribution in [3.05, 3.63) is 5.69 Å². The highest BCUT2D eigenvalue weighted by Crippen LogP contribution is 2.45. The van der Waals surface area contributed by atoms with Crippen molar-refractivity contribution in [1.29, 1.82) is 0 Å². The number of nitrogens with two attached hydrogens (primary N) is 1. The van der Waals surface area contributed by atoms with Crippen LogP contribution < -0.4 is 10.5 Å². The van der Waals surface area contributed by atoms with Gasteiger partial charge in [0, 0.05) is 19.6 Å². The predicted octanol–water partition coefficient (Wildman–Crippen LogP) is 1.52. The number of likely N-dealkylation sites (N-methyl/N-ethyl adjacent to an activating group) is 1. The molecule has 2 fully saturated rings. The second-order valence-electron chi connectivity index (χ2n) is 8.48. The van der Waals surface area contributed by atoms with E-state index in [1.165, 1.54) is 44.5 Å². The largest absolute Gasteiger partial charge is 0.474 e. The third kappa shape index (κ3) is 3.02. The minimum absolute atomic E-state index is 0.565. The number of aromatic nitrogens is 2. The first-order valence-corrected chi connectivity index (χ1v) is 9.57. The molecule has 2 atom stereocenters. The van der Waals surface area contributed by atoms with Crippen LogP contribution in [0, 0.1) is 5.92 Å². The van der Waals surface area contributed by atoms with E-state index in [-0.39, 0.29) is 0 Å². The van der Waals surface area contributed by atoms with E-state index in [1.807, 2.05) is 0 Å². The topological polar surface area (TPSA) is 56.3 Å². The van der Waals surface area contributed by atoms with Crippen LogP contribution in [-0.4, -0.2) is 72.6 Å². The van der Waals surface area contributed by atoms with Gasteiger partial charge in [0.05, 0.1) is 38.9 Å². The lowest BCUT2D eigenvalue weighted by Crippen LogP contribution is -2.55. The highest BCUT2D eigenvalue weighted by molar-refractivity contribution is 5.53. The highest BCUT2D eigenvalue weighted by Gasteiger charge is 2.36. The zero-order valence-corrected chi connectivity index (χ0v) is 15.2. The van der Waals surface area contributed by atoms with E-state index >= 15 is 0 Å². The molecule has 6 heteroatoms. The van der Waals surface area contributed by atoms with Crippen LogP contribution in [0.1, 0.15) is 37.4 Å². The number of hydrogen-bond donors (Lipinski definition) is 1. The number of nitrogens with zero attached hydrogens (tertiary/aromatic N) is 4. The van der Waals surface area contributed by atoms with Crippen LogP contribution >= 0.6 is 0 Å². The fourth-order valence-corrected chi connectivity index (χ4v) is 4.63. The van der Waals surface area contributed by atoms with Gasteiger partial charge in [0.2, 0.25) is 0 Å². The molecule has 0 amide bonds. The first-order valence-electron chi connectivity index (χ1n) is 9.57. The Morgan fingerprint density at radius 2 is 2.00 bits per heavy atom. The summed E-state index contributed by atoms with van der Waals surface area (Å²) >= 11 is 0. The number of fused-ring (bicyclic) bond motifs is 3. The molecule has 134 valence electrons. The van der Waals surface area contributed by atoms with Crippen LogP contribution in [-0.2, 0) is 6.42 Å². The predicted molar refractivity (Wildman–Crippen MR) is 95.1 cm³/mol. The molecule has 1 aromatic heterocycles. The fraction of sp³-hybridized carbons (Fsp3) is 0.833. The van der Waals surface area contributed by atoms with Crippen molar-refractivity contribution >= 4 is 5.69 Å². The van der Waals surface area contributed by atoms with Crippen molar-refractivity contribution < 1.29 is 9.22 Å². The first kappa shape index (κ1) is 16.2. The molecule has 0 spiro atoms. The monoisotopic (exact) mass is 334 g/mol. The van der Waals surface area contributed by atoms with E-state index in [4.69, 9.17) is 15.6 Å². The van der Waals surface area contributed by atoms with Gasteiger partial charge in [0.15, 0.2) is 0 Å². The van der Waals surface area contributed by atoms with Gasteiger partial charge >= 0.3 is 0 Å². The smallest absolute Gasteiger partial charge is 0.256 e. The summed E-state index contributed by atoms with van der Waals surface area (Å²) in [6.45, 7) is 6.37. The van der Waals surface area contributed by atoms with Crippen LogP contribution in [0.15, 0.2) is 0 Å². The van der Waals surface area contributed by atoms with Gasteiger partial charge in [-0.05, 0) is 31.6 Å². The molecule has 3 heterocycles. The third-order valence-electron chi connectivity index (χ3n) is 6.39. The summed E-state index contributed by atoms with van der Waals surface area (Å²) in [5.74, 6) is 1.48. The molecule has 1 saturated carbocycles. The Bertz CT molecular complexity index is 586. The summed E-state index contributed by atoms with van der Waals surface area (Å²) in [6.07, 6.45) is 6.25. The number of quaternary nitrogens is 1. The Morgan fingerprint density at radius 3 is 2.79 bits per heavy atom. The Hall–Kier alpha value is -1.27. The second-order valence-corrected chi connectivity index (χ2v) is 8.48. The molecule has 3 aliphatic rings. The van der Waals surface area contributed by atoms with E-state index in [0.29, 0.717) is 18.5 Å². The molecular formula is C18H32N5O+. The molecule has 2 aliphatic heterocycles. The highest BCUT2D eigenvalue weighted by atomic mass is 16.5. The normalized spacial score (nSPS) is 29.2. The number of nitrogen functional groups attached to an aromatic ring is 1. The van der Waals surface area contributed by atoms with Gasteiger partial charge in [0.1, 0.15) is 12.3 Å². The summed E-state index contributed by atoms with van der Waals surface area (Å²) in [5.41, 5.74) is 8.34. The summed E-state index contributed by atoms with van der Waals surface area (Å²) < 4.78 is 9.32. The zero-order valence-electron chi connectivity index (χ0n) is 15.2. The summed E-state index contributed by atoms with van der Waals surface area (Å²) in [5, 5.41) is 4.75. The van der Waals surface area contributed by atoms with Gasteiger partial charge in [0.25, 0.3) is 5.88 Å². The van der Waals surface area contributed by atoms with Crippen molar-refractivity contribution in [2.24, 2.45) is 5.92 Å². The molecule has 0 aromatic carbocycles. The Kier molecular flexibility index (Phi) is 4.21. The molecular weight excluding hydrogens is 302 g/mol. The van der Waals surface area contributed by atoms with Gasteiger partial charge in [-0.15, -0.1) is 5.10 Å². The maximum Gasteiger partial charge on any atom is 0.256 e. The van der Waals surface area contributed by atoms with Gasteiger partial charge in [-0.25, -0.2) is 0 Å². The zero-order chi connectivity index (χ0) is 16.7. The summed E-state index contributed by atoms with van der Waals surface area (Å²) in [7, 11) is 4.61. The molecule has 1 aliphatic carbocycles. The SMILES string of the molecule is C[N+]1(C)CCN(CCOc2nn3c(c2N)CCC2CCCC23)CC1. The first-order chi connectivity index (χ1) is 11.5. The minimum Gasteiger partial charge on any atom is -0.474 e. The molecule has 4 rings (SSSR count). The van der Waals surface area contributed by atoms with Crippen molar-refractivity contribution in [1.82, 2.24) is 14.7 Å². The number of piperazine rings is 1. The van der Waals surface area contributed by atoms with Gasteiger partial charge < -0.3 is 15.0 Å². The fourth-order valence-electron chi connectivity index (χ4n) is 4.63. The Morgan fingerprint density at radius 1 is 1.21 bits per heavy atom. The molecule has 24 heavy (non-hydrogen) atoms. The van der Waals surface area contributed by atoms with Crippen LogP contribution in [0.2, 0.25) is 0 Å². The standard InChI is InChI=1S/C18H32N5O/c1-23(2)11-8-21(9-12-23)10-13-24-18-17(19)16-7-6-14-4-3-5-15(14)22(16)20-18/h14-15H,3-13,19H2,1-2H3/q+1. The van der Waals surface area contributed by atoms with E-state index in [1.54, 1.807) is 0 Å². The number of rotatable bonds is 4. The van der Waals surface area contributed by atoms with Gasteiger partial charge in [-0.2, -0.15) is 0 Å². The van der Waals surface area contributed by atoms with Crippen LogP contribution in [0.25, 0.3) is 0 Å². The number of anilines is 1. The molecule has 6 nitrogen and oxygen atoms in total. The molecule has 1 saturated heterocycles. The number of ether oxygens (including phenoxy) is 1. The van der Waals surface area contributed by atoms with Crippen molar-refractivity contribution in [2.45, 2.75) is 38.1 Å². The maximum atomic E-state index is 6.34. The van der Waals surface area contributed by atoms with Crippen LogP contribution in [0.4, 0.5) is 5.69 Å². The Balaban J connectivity index is 1.34. The average Bonchev–Trinajstić information content (AvgIpc) is 3.14. The van der Waals surface area contributed by atoms with E-state index in [0.717, 1.165) is 42.1 Å². The molecule has 0 bridgehead atoms. The molecule has 2 unspecified atom stereocenters. The maximum absolute atomic E-state index is 6.34. The third-order valence-corrected chi connectivity index (χ3v) is 6.39.